The Bertz CT molecular complexity index is 1400. The molecule has 0 radical (unpaired) electrons. The molecule has 0 spiro atoms. The highest BCUT2D eigenvalue weighted by molar-refractivity contribution is 8.04. The first-order chi connectivity index (χ1) is 18.2. The van der Waals surface area contributed by atoms with E-state index in [2.05, 4.69) is 5.32 Å². The lowest BCUT2D eigenvalue weighted by Crippen LogP contribution is -2.32. The van der Waals surface area contributed by atoms with Crippen LogP contribution in [0.2, 0.25) is 5.02 Å². The van der Waals surface area contributed by atoms with Gasteiger partial charge < -0.3 is 19.5 Å². The number of imide groups is 1. The zero-order valence-electron chi connectivity index (χ0n) is 21.1. The van der Waals surface area contributed by atoms with Gasteiger partial charge in [0.15, 0.2) is 0 Å². The summed E-state index contributed by atoms with van der Waals surface area (Å²) in [4.78, 5) is 41.5. The lowest BCUT2D eigenvalue weighted by Gasteiger charge is -2.16. The van der Waals surface area contributed by atoms with E-state index < -0.39 is 17.8 Å². The topological polar surface area (TPSA) is 94.2 Å². The second-order valence-corrected chi connectivity index (χ2v) is 9.92. The molecule has 10 heteroatoms. The number of benzene rings is 3. The largest absolute Gasteiger partial charge is 0.497 e. The number of amides is 2. The standard InChI is InChI=1S/C28H25ClN2O6S/c1-16(2)37-28(34)17-5-9-19(10-6-17)31-26(32)24(30-22-15-20(35-3)11-14-23(22)36-4)25(27(31)33)38-21-12-7-18(29)8-13-21/h5-16,30H,1-4H3. The average molecular weight is 553 g/mol. The summed E-state index contributed by atoms with van der Waals surface area (Å²) < 4.78 is 16.0. The van der Waals surface area contributed by atoms with Crippen LogP contribution in [0.4, 0.5) is 11.4 Å². The molecule has 196 valence electrons. The van der Waals surface area contributed by atoms with Gasteiger partial charge in [0.1, 0.15) is 22.1 Å². The second kappa shape index (κ2) is 11.6. The summed E-state index contributed by atoms with van der Waals surface area (Å²) in [6.45, 7) is 3.51. The fourth-order valence-electron chi connectivity index (χ4n) is 3.64. The highest BCUT2D eigenvalue weighted by atomic mass is 35.5. The van der Waals surface area contributed by atoms with E-state index in [1.165, 1.54) is 38.5 Å². The zero-order chi connectivity index (χ0) is 27.4. The predicted octanol–water partition coefficient (Wildman–Crippen LogP) is 5.91. The van der Waals surface area contributed by atoms with Crippen molar-refractivity contribution in [1.82, 2.24) is 0 Å². The highest BCUT2D eigenvalue weighted by Crippen LogP contribution is 2.40. The van der Waals surface area contributed by atoms with Crippen LogP contribution in [-0.2, 0) is 14.3 Å². The molecule has 0 fully saturated rings. The molecule has 1 N–H and O–H groups in total. The number of carbonyl (C=O) groups excluding carboxylic acids is 3. The summed E-state index contributed by atoms with van der Waals surface area (Å²) in [5.74, 6) is -0.569. The van der Waals surface area contributed by atoms with Crippen LogP contribution in [0.3, 0.4) is 0 Å². The third-order valence-corrected chi connectivity index (χ3v) is 6.79. The van der Waals surface area contributed by atoms with Gasteiger partial charge in [0, 0.05) is 16.0 Å². The van der Waals surface area contributed by atoms with Crippen molar-refractivity contribution in [3.8, 4) is 11.5 Å². The molecule has 0 saturated heterocycles. The van der Waals surface area contributed by atoms with Crippen LogP contribution in [0.15, 0.2) is 82.2 Å². The average Bonchev–Trinajstić information content (AvgIpc) is 3.13. The van der Waals surface area contributed by atoms with Crippen LogP contribution in [0.5, 0.6) is 11.5 Å². The summed E-state index contributed by atoms with van der Waals surface area (Å²) in [6.07, 6.45) is -0.275. The normalized spacial score (nSPS) is 13.3. The third-order valence-electron chi connectivity index (χ3n) is 5.45. The Morgan fingerprint density at radius 2 is 1.61 bits per heavy atom. The van der Waals surface area contributed by atoms with Gasteiger partial charge in [-0.1, -0.05) is 23.4 Å². The number of nitrogens with one attached hydrogen (secondary N) is 1. The van der Waals surface area contributed by atoms with Gasteiger partial charge in [-0.3, -0.25) is 9.59 Å². The number of halogens is 1. The SMILES string of the molecule is COc1ccc(OC)c(NC2=C(Sc3ccc(Cl)cc3)C(=O)N(c3ccc(C(=O)OC(C)C)cc3)C2=O)c1. The van der Waals surface area contributed by atoms with Gasteiger partial charge in [-0.2, -0.15) is 0 Å². The molecule has 0 aromatic heterocycles. The Hall–Kier alpha value is -3.95. The number of carbonyl (C=O) groups is 3. The van der Waals surface area contributed by atoms with E-state index in [0.29, 0.717) is 33.5 Å². The molecular formula is C28H25ClN2O6S. The monoisotopic (exact) mass is 552 g/mol. The molecule has 1 aliphatic rings. The molecule has 3 aromatic carbocycles. The Morgan fingerprint density at radius 1 is 0.921 bits per heavy atom. The van der Waals surface area contributed by atoms with Gasteiger partial charge in [-0.15, -0.1) is 0 Å². The Balaban J connectivity index is 1.72. The van der Waals surface area contributed by atoms with Crippen molar-refractivity contribution in [2.75, 3.05) is 24.4 Å². The van der Waals surface area contributed by atoms with E-state index in [9.17, 15) is 14.4 Å². The number of nitrogens with zero attached hydrogens (tertiary/aromatic N) is 1. The van der Waals surface area contributed by atoms with Crippen molar-refractivity contribution in [2.24, 2.45) is 0 Å². The van der Waals surface area contributed by atoms with Crippen LogP contribution in [0.25, 0.3) is 0 Å². The second-order valence-electron chi connectivity index (χ2n) is 8.40. The van der Waals surface area contributed by atoms with Crippen molar-refractivity contribution in [2.45, 2.75) is 24.8 Å². The van der Waals surface area contributed by atoms with Gasteiger partial charge in [0.2, 0.25) is 0 Å². The maximum Gasteiger partial charge on any atom is 0.338 e. The molecule has 0 atom stereocenters. The van der Waals surface area contributed by atoms with E-state index in [4.69, 9.17) is 25.8 Å². The smallest absolute Gasteiger partial charge is 0.338 e. The van der Waals surface area contributed by atoms with Gasteiger partial charge in [-0.05, 0) is 74.5 Å². The maximum atomic E-state index is 13.7. The molecule has 0 unspecified atom stereocenters. The van der Waals surface area contributed by atoms with Crippen molar-refractivity contribution in [3.05, 3.63) is 87.9 Å². The van der Waals surface area contributed by atoms with E-state index >= 15 is 0 Å². The van der Waals surface area contributed by atoms with Crippen LogP contribution < -0.4 is 19.7 Å². The Labute approximate surface area is 229 Å². The van der Waals surface area contributed by atoms with Crippen LogP contribution in [-0.4, -0.2) is 38.1 Å². The first kappa shape index (κ1) is 27.1. The highest BCUT2D eigenvalue weighted by Gasteiger charge is 2.40. The van der Waals surface area contributed by atoms with Crippen molar-refractivity contribution >= 4 is 52.5 Å². The van der Waals surface area contributed by atoms with Crippen molar-refractivity contribution in [1.29, 1.82) is 0 Å². The lowest BCUT2D eigenvalue weighted by molar-refractivity contribution is -0.120. The number of anilines is 2. The van der Waals surface area contributed by atoms with Crippen LogP contribution in [0, 0.1) is 0 Å². The minimum absolute atomic E-state index is 0.0739. The maximum absolute atomic E-state index is 13.7. The molecule has 38 heavy (non-hydrogen) atoms. The van der Waals surface area contributed by atoms with E-state index in [1.807, 2.05) is 0 Å². The van der Waals surface area contributed by atoms with Gasteiger partial charge >= 0.3 is 5.97 Å². The number of ether oxygens (including phenoxy) is 3. The van der Waals surface area contributed by atoms with Crippen LogP contribution >= 0.6 is 23.4 Å². The number of methoxy groups -OCH3 is 2. The molecule has 1 heterocycles. The zero-order valence-corrected chi connectivity index (χ0v) is 22.7. The van der Waals surface area contributed by atoms with Gasteiger partial charge in [0.05, 0.1) is 37.3 Å². The van der Waals surface area contributed by atoms with E-state index in [0.717, 1.165) is 21.6 Å². The van der Waals surface area contributed by atoms with Gasteiger partial charge in [0.25, 0.3) is 11.8 Å². The number of rotatable bonds is 9. The van der Waals surface area contributed by atoms with Gasteiger partial charge in [-0.25, -0.2) is 9.69 Å². The quantitative estimate of drug-likeness (QED) is 0.258. The molecule has 0 aliphatic carbocycles. The molecule has 4 rings (SSSR count). The fourth-order valence-corrected chi connectivity index (χ4v) is 4.70. The number of esters is 1. The molecule has 8 nitrogen and oxygen atoms in total. The van der Waals surface area contributed by atoms with Crippen molar-refractivity contribution in [3.63, 3.8) is 0 Å². The Morgan fingerprint density at radius 3 is 2.21 bits per heavy atom. The van der Waals surface area contributed by atoms with Crippen LogP contribution in [0.1, 0.15) is 24.2 Å². The first-order valence-corrected chi connectivity index (χ1v) is 12.8. The number of hydrogen-bond donors (Lipinski definition) is 1. The summed E-state index contributed by atoms with van der Waals surface area (Å²) in [7, 11) is 3.03. The van der Waals surface area contributed by atoms with E-state index in [1.54, 1.807) is 56.3 Å². The summed E-state index contributed by atoms with van der Waals surface area (Å²) in [6, 6.07) is 18.1. The van der Waals surface area contributed by atoms with E-state index in [-0.39, 0.29) is 16.7 Å². The molecule has 2 amide bonds. The fraction of sp³-hybridized carbons (Fsp3) is 0.179. The first-order valence-electron chi connectivity index (χ1n) is 11.6. The predicted molar refractivity (Wildman–Crippen MR) is 147 cm³/mol. The lowest BCUT2D eigenvalue weighted by atomic mass is 10.2. The Kier molecular flexibility index (Phi) is 8.29. The minimum atomic E-state index is -0.561. The molecular weight excluding hydrogens is 528 g/mol. The molecule has 0 bridgehead atoms. The minimum Gasteiger partial charge on any atom is -0.497 e. The number of hydrogen-bond acceptors (Lipinski definition) is 8. The molecule has 3 aromatic rings. The molecule has 0 saturated carbocycles. The molecule has 1 aliphatic heterocycles. The van der Waals surface area contributed by atoms with Crippen molar-refractivity contribution < 1.29 is 28.6 Å². The third kappa shape index (κ3) is 5.79. The summed E-state index contributed by atoms with van der Waals surface area (Å²) >= 11 is 7.16. The summed E-state index contributed by atoms with van der Waals surface area (Å²) in [5, 5.41) is 3.64. The summed E-state index contributed by atoms with van der Waals surface area (Å²) in [5.41, 5.74) is 1.14. The number of thioether (sulfide) groups is 1.